The lowest BCUT2D eigenvalue weighted by Crippen LogP contribution is -2.32. The van der Waals surface area contributed by atoms with E-state index in [0.29, 0.717) is 12.3 Å². The highest BCUT2D eigenvalue weighted by Crippen LogP contribution is 2.43. The monoisotopic (exact) mass is 447 g/mol. The fourth-order valence-corrected chi connectivity index (χ4v) is 4.78. The Morgan fingerprint density at radius 3 is 2.44 bits per heavy atom. The number of carbonyl (C=O) groups excluding carboxylic acids is 2. The molecule has 5 nitrogen and oxygen atoms in total. The van der Waals surface area contributed by atoms with Crippen LogP contribution >= 0.6 is 11.3 Å². The van der Waals surface area contributed by atoms with Crippen molar-refractivity contribution in [2.24, 2.45) is 5.92 Å². The van der Waals surface area contributed by atoms with Crippen molar-refractivity contribution in [3.8, 4) is 10.4 Å². The maximum Gasteiger partial charge on any atom is 0.294 e. The van der Waals surface area contributed by atoms with Crippen LogP contribution in [0.5, 0.6) is 0 Å². The Hall–Kier alpha value is -3.22. The molecule has 0 fully saturated rings. The van der Waals surface area contributed by atoms with Crippen LogP contribution in [0.4, 0.5) is 5.69 Å². The van der Waals surface area contributed by atoms with E-state index in [1.54, 1.807) is 32.3 Å². The van der Waals surface area contributed by atoms with Crippen LogP contribution in [0.25, 0.3) is 10.4 Å². The van der Waals surface area contributed by atoms with Crippen molar-refractivity contribution >= 4 is 28.7 Å². The smallest absolute Gasteiger partial charge is 0.294 e. The summed E-state index contributed by atoms with van der Waals surface area (Å²) in [5.41, 5.74) is 3.42. The number of aliphatic hydroxyl groups excluding tert-OH is 1. The van der Waals surface area contributed by atoms with Gasteiger partial charge in [0.2, 0.25) is 0 Å². The van der Waals surface area contributed by atoms with E-state index in [1.165, 1.54) is 4.90 Å². The number of thiophene rings is 1. The molecular formula is C26H25NO4S. The van der Waals surface area contributed by atoms with E-state index in [2.05, 4.69) is 0 Å². The average molecular weight is 448 g/mol. The molecular weight excluding hydrogens is 422 g/mol. The number of methoxy groups -OCH3 is 1. The normalized spacial score (nSPS) is 16.3. The Kier molecular flexibility index (Phi) is 6.26. The number of amides is 1. The maximum absolute atomic E-state index is 13.2. The molecule has 0 spiro atoms. The second-order valence-corrected chi connectivity index (χ2v) is 8.96. The third-order valence-corrected chi connectivity index (χ3v) is 6.52. The molecule has 1 aliphatic heterocycles. The van der Waals surface area contributed by atoms with Gasteiger partial charge in [0, 0.05) is 23.6 Å². The van der Waals surface area contributed by atoms with Crippen molar-refractivity contribution in [3.05, 3.63) is 88.5 Å². The molecule has 1 N–H and O–H groups in total. The number of ketones is 1. The Balaban J connectivity index is 1.84. The lowest BCUT2D eigenvalue weighted by atomic mass is 9.89. The number of nitrogens with zero attached hydrogens (tertiary/aromatic N) is 1. The number of hydrogen-bond donors (Lipinski definition) is 1. The minimum Gasteiger partial charge on any atom is -0.503 e. The minimum atomic E-state index is -0.726. The summed E-state index contributed by atoms with van der Waals surface area (Å²) < 4.78 is 5.36. The van der Waals surface area contributed by atoms with Crippen molar-refractivity contribution in [3.63, 3.8) is 0 Å². The first-order chi connectivity index (χ1) is 15.4. The lowest BCUT2D eigenvalue weighted by Gasteiger charge is -2.29. The van der Waals surface area contributed by atoms with E-state index in [9.17, 15) is 14.7 Å². The predicted octanol–water partition coefficient (Wildman–Crippen LogP) is 5.69. The number of carbonyl (C=O) groups is 2. The topological polar surface area (TPSA) is 66.8 Å². The fraction of sp³-hybridized carbons (Fsp3) is 0.231. The van der Waals surface area contributed by atoms with E-state index in [-0.39, 0.29) is 17.3 Å². The van der Waals surface area contributed by atoms with Gasteiger partial charge in [-0.05, 0) is 40.3 Å². The SMILES string of the molecule is COCc1ccccc1[C@@H]1C(C(=O)C(C)C)=C(O)C(=O)N1c1ccc(-c2cccs2)cc1. The van der Waals surface area contributed by atoms with E-state index in [4.69, 9.17) is 4.74 Å². The number of ether oxygens (including phenoxy) is 1. The molecule has 6 heteroatoms. The van der Waals surface area contributed by atoms with Crippen LogP contribution in [0.3, 0.4) is 0 Å². The lowest BCUT2D eigenvalue weighted by molar-refractivity contribution is -0.119. The van der Waals surface area contributed by atoms with Gasteiger partial charge in [-0.25, -0.2) is 0 Å². The summed E-state index contributed by atoms with van der Waals surface area (Å²) >= 11 is 1.64. The molecule has 2 heterocycles. The number of rotatable bonds is 7. The van der Waals surface area contributed by atoms with Crippen LogP contribution in [-0.2, 0) is 20.9 Å². The number of aliphatic hydroxyl groups is 1. The first kappa shape index (κ1) is 22.0. The number of hydrogen-bond acceptors (Lipinski definition) is 5. The highest BCUT2D eigenvalue weighted by Gasteiger charge is 2.45. The first-order valence-corrected chi connectivity index (χ1v) is 11.3. The van der Waals surface area contributed by atoms with Crippen LogP contribution < -0.4 is 4.90 Å². The van der Waals surface area contributed by atoms with Crippen LogP contribution in [0.15, 0.2) is 77.4 Å². The first-order valence-electron chi connectivity index (χ1n) is 10.5. The van der Waals surface area contributed by atoms with Crippen LogP contribution in [0.2, 0.25) is 0 Å². The van der Waals surface area contributed by atoms with E-state index < -0.39 is 17.7 Å². The zero-order chi connectivity index (χ0) is 22.8. The minimum absolute atomic E-state index is 0.135. The van der Waals surface area contributed by atoms with Gasteiger partial charge in [-0.2, -0.15) is 0 Å². The van der Waals surface area contributed by atoms with Gasteiger partial charge in [0.25, 0.3) is 5.91 Å². The molecule has 0 bridgehead atoms. The van der Waals surface area contributed by atoms with Crippen LogP contribution in [-0.4, -0.2) is 23.9 Å². The standard InChI is InChI=1S/C26H25NO4S/c1-16(2)24(28)22-23(20-8-5-4-7-18(20)15-31-3)27(26(30)25(22)29)19-12-10-17(11-13-19)21-9-6-14-32-21/h4-14,16,23,29H,15H2,1-3H3/t23-/m1/s1. The Bertz CT molecular complexity index is 1160. The van der Waals surface area contributed by atoms with Gasteiger partial charge in [-0.15, -0.1) is 11.3 Å². The molecule has 0 aliphatic carbocycles. The van der Waals surface area contributed by atoms with Gasteiger partial charge in [0.1, 0.15) is 0 Å². The molecule has 0 radical (unpaired) electrons. The van der Waals surface area contributed by atoms with Crippen molar-refractivity contribution in [2.75, 3.05) is 12.0 Å². The molecule has 164 valence electrons. The molecule has 1 aliphatic rings. The molecule has 2 aromatic carbocycles. The molecule has 3 aromatic rings. The van der Waals surface area contributed by atoms with Crippen molar-refractivity contribution < 1.29 is 19.4 Å². The Morgan fingerprint density at radius 1 is 1.09 bits per heavy atom. The summed E-state index contributed by atoms with van der Waals surface area (Å²) in [6.07, 6.45) is 0. The van der Waals surface area contributed by atoms with Gasteiger partial charge in [0.05, 0.1) is 18.2 Å². The quantitative estimate of drug-likeness (QED) is 0.505. The summed E-state index contributed by atoms with van der Waals surface area (Å²) in [5, 5.41) is 12.8. The number of anilines is 1. The van der Waals surface area contributed by atoms with E-state index in [1.807, 2.05) is 66.0 Å². The van der Waals surface area contributed by atoms with Gasteiger partial charge in [-0.3, -0.25) is 14.5 Å². The predicted molar refractivity (Wildman–Crippen MR) is 127 cm³/mol. The Morgan fingerprint density at radius 2 is 1.81 bits per heavy atom. The Labute approximate surface area is 191 Å². The van der Waals surface area contributed by atoms with Crippen molar-refractivity contribution in [1.29, 1.82) is 0 Å². The average Bonchev–Trinajstić information content (AvgIpc) is 3.42. The molecule has 1 amide bonds. The van der Waals surface area contributed by atoms with E-state index >= 15 is 0 Å². The maximum atomic E-state index is 13.2. The molecule has 0 saturated carbocycles. The summed E-state index contributed by atoms with van der Waals surface area (Å²) in [5.74, 6) is -1.66. The molecule has 1 atom stereocenters. The van der Waals surface area contributed by atoms with Gasteiger partial charge in [0.15, 0.2) is 11.5 Å². The fourth-order valence-electron chi connectivity index (χ4n) is 4.05. The van der Waals surface area contributed by atoms with Gasteiger partial charge >= 0.3 is 0 Å². The third kappa shape index (κ3) is 3.87. The summed E-state index contributed by atoms with van der Waals surface area (Å²) in [7, 11) is 1.60. The highest BCUT2D eigenvalue weighted by atomic mass is 32.1. The van der Waals surface area contributed by atoms with Crippen LogP contribution in [0, 0.1) is 5.92 Å². The molecule has 32 heavy (non-hydrogen) atoms. The zero-order valence-corrected chi connectivity index (χ0v) is 19.1. The van der Waals surface area contributed by atoms with Crippen molar-refractivity contribution in [1.82, 2.24) is 0 Å². The molecule has 4 rings (SSSR count). The van der Waals surface area contributed by atoms with Crippen LogP contribution in [0.1, 0.15) is 31.0 Å². The summed E-state index contributed by atoms with van der Waals surface area (Å²) in [6.45, 7) is 3.86. The molecule has 1 aromatic heterocycles. The van der Waals surface area contributed by atoms with Gasteiger partial charge in [-0.1, -0.05) is 56.3 Å². The van der Waals surface area contributed by atoms with Gasteiger partial charge < -0.3 is 9.84 Å². The molecule has 0 unspecified atom stereocenters. The highest BCUT2D eigenvalue weighted by molar-refractivity contribution is 7.13. The second-order valence-electron chi connectivity index (χ2n) is 8.01. The zero-order valence-electron chi connectivity index (χ0n) is 18.2. The second kappa shape index (κ2) is 9.10. The number of benzene rings is 2. The largest absolute Gasteiger partial charge is 0.503 e. The third-order valence-electron chi connectivity index (χ3n) is 5.60. The molecule has 0 saturated heterocycles. The van der Waals surface area contributed by atoms with Crippen molar-refractivity contribution in [2.45, 2.75) is 26.5 Å². The van der Waals surface area contributed by atoms with E-state index in [0.717, 1.165) is 21.6 Å². The summed E-state index contributed by atoms with van der Waals surface area (Å²) in [4.78, 5) is 29.0. The summed E-state index contributed by atoms with van der Waals surface area (Å²) in [6, 6.07) is 18.5. The number of Topliss-reactive ketones (excluding diaryl/α,β-unsaturated/α-hetero) is 1.